The van der Waals surface area contributed by atoms with Gasteiger partial charge in [0.1, 0.15) is 17.8 Å². The van der Waals surface area contributed by atoms with Crippen molar-refractivity contribution < 1.29 is 4.79 Å². The maximum Gasteiger partial charge on any atom is 0.327 e. The van der Waals surface area contributed by atoms with Gasteiger partial charge in [0, 0.05) is 42.8 Å². The van der Waals surface area contributed by atoms with Crippen molar-refractivity contribution in [1.82, 2.24) is 29.4 Å². The van der Waals surface area contributed by atoms with Gasteiger partial charge >= 0.3 is 5.69 Å². The van der Waals surface area contributed by atoms with E-state index in [1.54, 1.807) is 23.6 Å². The number of hydrogen-bond donors (Lipinski definition) is 1. The average Bonchev–Trinajstić information content (AvgIpc) is 3.46. The van der Waals surface area contributed by atoms with Crippen LogP contribution in [0, 0.1) is 0 Å². The molecule has 2 aliphatic heterocycles. The predicted molar refractivity (Wildman–Crippen MR) is 126 cm³/mol. The lowest BCUT2D eigenvalue weighted by Crippen LogP contribution is -2.38. The first kappa shape index (κ1) is 20.1. The Morgan fingerprint density at radius 3 is 2.88 bits per heavy atom. The Kier molecular flexibility index (Phi) is 4.94. The zero-order valence-corrected chi connectivity index (χ0v) is 18.8. The molecule has 6 heterocycles. The number of thiophene rings is 1. The molecule has 0 spiro atoms. The minimum absolute atomic E-state index is 0.0505. The molecule has 0 aliphatic carbocycles. The molecule has 0 radical (unpaired) electrons. The number of aromatic nitrogens is 5. The van der Waals surface area contributed by atoms with Crippen molar-refractivity contribution >= 4 is 34.2 Å². The third kappa shape index (κ3) is 3.60. The molecule has 1 fully saturated rings. The van der Waals surface area contributed by atoms with Crippen LogP contribution in [0.15, 0.2) is 47.0 Å². The van der Waals surface area contributed by atoms with Crippen molar-refractivity contribution in [3.8, 4) is 0 Å². The summed E-state index contributed by atoms with van der Waals surface area (Å²) in [7, 11) is 0. The number of pyridine rings is 1. The molecule has 6 rings (SSSR count). The third-order valence-corrected chi connectivity index (χ3v) is 7.57. The highest BCUT2D eigenvalue weighted by molar-refractivity contribution is 7.10. The molecule has 9 nitrogen and oxygen atoms in total. The average molecular weight is 462 g/mol. The summed E-state index contributed by atoms with van der Waals surface area (Å²) in [6.45, 7) is 2.85. The Morgan fingerprint density at radius 1 is 1.12 bits per heavy atom. The van der Waals surface area contributed by atoms with Gasteiger partial charge in [-0.25, -0.2) is 19.7 Å². The first-order chi connectivity index (χ1) is 16.2. The molecule has 0 atom stereocenters. The van der Waals surface area contributed by atoms with Crippen LogP contribution >= 0.6 is 11.3 Å². The van der Waals surface area contributed by atoms with Crippen LogP contribution < -0.4 is 10.6 Å². The fraction of sp³-hybridized carbons (Fsp3) is 0.348. The van der Waals surface area contributed by atoms with Crippen LogP contribution in [0.4, 0.5) is 5.82 Å². The van der Waals surface area contributed by atoms with Crippen LogP contribution in [-0.4, -0.2) is 54.9 Å². The number of hydrogen-bond acceptors (Lipinski definition) is 7. The summed E-state index contributed by atoms with van der Waals surface area (Å²) in [5.74, 6) is 0.707. The molecule has 10 heteroatoms. The number of nitrogens with zero attached hydrogens (tertiary/aromatic N) is 6. The summed E-state index contributed by atoms with van der Waals surface area (Å²) in [4.78, 5) is 46.7. The lowest BCUT2D eigenvalue weighted by Gasteiger charge is -2.33. The molecule has 1 N–H and O–H groups in total. The number of rotatable bonds is 3. The number of H-pyrrole nitrogens is 1. The van der Waals surface area contributed by atoms with E-state index in [1.165, 1.54) is 16.8 Å². The summed E-state index contributed by atoms with van der Waals surface area (Å²) in [6.07, 6.45) is 5.66. The van der Waals surface area contributed by atoms with Crippen LogP contribution in [0.25, 0.3) is 11.2 Å². The molecule has 0 unspecified atom stereocenters. The maximum atomic E-state index is 13.1. The maximum absolute atomic E-state index is 13.1. The summed E-state index contributed by atoms with van der Waals surface area (Å²) in [5, 5.41) is 2.09. The molecule has 0 bridgehead atoms. The van der Waals surface area contributed by atoms with Gasteiger partial charge in [0.2, 0.25) is 0 Å². The predicted octanol–water partition coefficient (Wildman–Crippen LogP) is 2.62. The van der Waals surface area contributed by atoms with Gasteiger partial charge in [0.05, 0.1) is 12.1 Å². The number of amides is 1. The van der Waals surface area contributed by atoms with Crippen LogP contribution in [0.3, 0.4) is 0 Å². The lowest BCUT2D eigenvalue weighted by molar-refractivity contribution is 0.0731. The fourth-order valence-corrected chi connectivity index (χ4v) is 5.83. The topological polar surface area (TPSA) is 100 Å². The number of carbonyl (C=O) groups excluding carboxylic acids is 1. The molecule has 4 aromatic rings. The fourth-order valence-electron chi connectivity index (χ4n) is 4.88. The molecule has 168 valence electrons. The Morgan fingerprint density at radius 2 is 2.00 bits per heavy atom. The van der Waals surface area contributed by atoms with Gasteiger partial charge in [-0.1, -0.05) is 0 Å². The number of aromatic amines is 1. The number of fused-ring (bicyclic) bond motifs is 2. The first-order valence-electron chi connectivity index (χ1n) is 11.1. The van der Waals surface area contributed by atoms with Crippen molar-refractivity contribution in [2.45, 2.75) is 31.8 Å². The molecule has 1 amide bonds. The van der Waals surface area contributed by atoms with E-state index in [0.29, 0.717) is 24.4 Å². The Balaban J connectivity index is 1.17. The van der Waals surface area contributed by atoms with E-state index in [-0.39, 0.29) is 17.6 Å². The van der Waals surface area contributed by atoms with Crippen molar-refractivity contribution in [2.24, 2.45) is 0 Å². The lowest BCUT2D eigenvalue weighted by atomic mass is 10.0. The second-order valence-electron chi connectivity index (χ2n) is 8.50. The third-order valence-electron chi connectivity index (χ3n) is 6.63. The minimum atomic E-state index is -0.118. The van der Waals surface area contributed by atoms with Crippen molar-refractivity contribution in [1.29, 1.82) is 0 Å². The van der Waals surface area contributed by atoms with E-state index in [0.717, 1.165) is 43.7 Å². The highest BCUT2D eigenvalue weighted by atomic mass is 32.1. The standard InChI is InChI=1S/C23H23N7O2S/c31-22(29-8-3-15-6-11-33-19(15)13-29)17-12-20(26-14-25-17)28-9-4-16(5-10-28)30-18-2-1-7-24-21(18)27-23(30)32/h1-2,6-7,11-12,14,16H,3-5,8-10,13H2,(H,24,27,32). The number of piperidine rings is 1. The van der Waals surface area contributed by atoms with Gasteiger partial charge in [-0.3, -0.25) is 14.3 Å². The summed E-state index contributed by atoms with van der Waals surface area (Å²) in [6, 6.07) is 7.82. The molecule has 2 aliphatic rings. The van der Waals surface area contributed by atoms with E-state index >= 15 is 0 Å². The molecular formula is C23H23N7O2S. The van der Waals surface area contributed by atoms with Gasteiger partial charge in [-0.05, 0) is 48.4 Å². The second kappa shape index (κ2) is 8.11. The molecule has 0 saturated carbocycles. The van der Waals surface area contributed by atoms with Crippen LogP contribution in [0.2, 0.25) is 0 Å². The van der Waals surface area contributed by atoms with Crippen LogP contribution in [0.5, 0.6) is 0 Å². The van der Waals surface area contributed by atoms with E-state index < -0.39 is 0 Å². The normalized spacial score (nSPS) is 16.8. The zero-order chi connectivity index (χ0) is 22.4. The quantitative estimate of drug-likeness (QED) is 0.503. The number of carbonyl (C=O) groups is 1. The van der Waals surface area contributed by atoms with Crippen molar-refractivity contribution in [3.05, 3.63) is 68.8 Å². The SMILES string of the molecule is O=C(c1cc(N2CCC(n3c(=O)[nH]c4ncccc43)CC2)ncn1)N1CCc2ccsc2C1. The van der Waals surface area contributed by atoms with Gasteiger partial charge in [-0.2, -0.15) is 0 Å². The minimum Gasteiger partial charge on any atom is -0.356 e. The van der Waals surface area contributed by atoms with E-state index in [1.807, 2.05) is 21.6 Å². The molecule has 33 heavy (non-hydrogen) atoms. The monoisotopic (exact) mass is 461 g/mol. The second-order valence-corrected chi connectivity index (χ2v) is 9.50. The molecule has 4 aromatic heterocycles. The number of anilines is 1. The smallest absolute Gasteiger partial charge is 0.327 e. The summed E-state index contributed by atoms with van der Waals surface area (Å²) < 4.78 is 1.82. The van der Waals surface area contributed by atoms with Crippen molar-refractivity contribution in [2.75, 3.05) is 24.5 Å². The first-order valence-corrected chi connectivity index (χ1v) is 12.0. The highest BCUT2D eigenvalue weighted by Gasteiger charge is 2.27. The van der Waals surface area contributed by atoms with Gasteiger partial charge < -0.3 is 9.80 Å². The van der Waals surface area contributed by atoms with E-state index in [4.69, 9.17) is 0 Å². The Hall–Kier alpha value is -3.53. The largest absolute Gasteiger partial charge is 0.356 e. The van der Waals surface area contributed by atoms with E-state index in [9.17, 15) is 9.59 Å². The zero-order valence-electron chi connectivity index (χ0n) is 18.0. The number of imidazole rings is 1. The molecular weight excluding hydrogens is 438 g/mol. The number of nitrogens with one attached hydrogen (secondary N) is 1. The van der Waals surface area contributed by atoms with Gasteiger partial charge in [-0.15, -0.1) is 11.3 Å². The van der Waals surface area contributed by atoms with Gasteiger partial charge in [0.25, 0.3) is 5.91 Å². The Labute approximate surface area is 193 Å². The summed E-state index contributed by atoms with van der Waals surface area (Å²) >= 11 is 1.70. The highest BCUT2D eigenvalue weighted by Crippen LogP contribution is 2.28. The van der Waals surface area contributed by atoms with Crippen LogP contribution in [-0.2, 0) is 13.0 Å². The molecule has 0 aromatic carbocycles. The van der Waals surface area contributed by atoms with Gasteiger partial charge in [0.15, 0.2) is 5.65 Å². The van der Waals surface area contributed by atoms with Crippen LogP contribution in [0.1, 0.15) is 39.8 Å². The van der Waals surface area contributed by atoms with E-state index in [2.05, 4.69) is 36.3 Å². The Bertz CT molecular complexity index is 1380. The van der Waals surface area contributed by atoms with Crippen molar-refractivity contribution in [3.63, 3.8) is 0 Å². The summed E-state index contributed by atoms with van der Waals surface area (Å²) in [5.41, 5.74) is 3.12. The molecule has 1 saturated heterocycles.